The molecule has 1 aliphatic heterocycles. The first kappa shape index (κ1) is 17.7. The van der Waals surface area contributed by atoms with Crippen LogP contribution in [-0.4, -0.2) is 34.9 Å². The van der Waals surface area contributed by atoms with Gasteiger partial charge in [-0.05, 0) is 36.5 Å². The SMILES string of the molecule is CC1=C[C@]23C(=O)[C@@H]([C@H](O)[C@H](C)[C@H]4OC(=O)O[C@]42[C@H]1C)[C@H]1[C@@H](C[C@H]3C)C1(C)C. The summed E-state index contributed by atoms with van der Waals surface area (Å²) in [6.45, 7) is 12.5. The van der Waals surface area contributed by atoms with E-state index in [4.69, 9.17) is 9.47 Å². The molecule has 0 unspecified atom stereocenters. The zero-order valence-corrected chi connectivity index (χ0v) is 17.0. The van der Waals surface area contributed by atoms with E-state index in [1.165, 1.54) is 0 Å². The predicted octanol–water partition coefficient (Wildman–Crippen LogP) is 3.35. The quantitative estimate of drug-likeness (QED) is 0.520. The van der Waals surface area contributed by atoms with Crippen LogP contribution in [0.2, 0.25) is 0 Å². The second-order valence-corrected chi connectivity index (χ2v) is 10.5. The normalized spacial score (nSPS) is 57.4. The number of ether oxygens (including phenoxy) is 2. The third-order valence-corrected chi connectivity index (χ3v) is 9.33. The van der Waals surface area contributed by atoms with Gasteiger partial charge in [0.25, 0.3) is 0 Å². The molecule has 0 amide bonds. The summed E-state index contributed by atoms with van der Waals surface area (Å²) in [5.74, 6) is -0.202. The lowest BCUT2D eigenvalue weighted by Gasteiger charge is -2.47. The fraction of sp³-hybridized carbons (Fsp3) is 0.818. The maximum Gasteiger partial charge on any atom is 0.509 e. The summed E-state index contributed by atoms with van der Waals surface area (Å²) in [6.07, 6.45) is 0.843. The minimum atomic E-state index is -1.04. The van der Waals surface area contributed by atoms with E-state index in [1.807, 2.05) is 20.8 Å². The van der Waals surface area contributed by atoms with Crippen LogP contribution in [0.1, 0.15) is 48.0 Å². The van der Waals surface area contributed by atoms with Crippen LogP contribution in [-0.2, 0) is 14.3 Å². The average molecular weight is 374 g/mol. The summed E-state index contributed by atoms with van der Waals surface area (Å²) in [5, 5.41) is 11.3. The fourth-order valence-electron chi connectivity index (χ4n) is 7.72. The number of ketones is 1. The van der Waals surface area contributed by atoms with Gasteiger partial charge in [0.15, 0.2) is 17.5 Å². The molecular weight excluding hydrogens is 344 g/mol. The molecule has 1 heterocycles. The average Bonchev–Trinajstić information content (AvgIpc) is 2.88. The van der Waals surface area contributed by atoms with Crippen molar-refractivity contribution in [2.45, 2.75) is 65.8 Å². The Labute approximate surface area is 160 Å². The van der Waals surface area contributed by atoms with Crippen LogP contribution in [0.25, 0.3) is 0 Å². The molecule has 1 saturated heterocycles. The highest BCUT2D eigenvalue weighted by Gasteiger charge is 2.81. The van der Waals surface area contributed by atoms with Crippen molar-refractivity contribution in [1.82, 2.24) is 0 Å². The van der Waals surface area contributed by atoms with Crippen LogP contribution in [0.5, 0.6) is 0 Å². The molecule has 3 saturated carbocycles. The Bertz CT molecular complexity index is 784. The number of hydrogen-bond acceptors (Lipinski definition) is 5. The van der Waals surface area contributed by atoms with Crippen molar-refractivity contribution in [3.63, 3.8) is 0 Å². The monoisotopic (exact) mass is 374 g/mol. The number of fused-ring (bicyclic) bond motifs is 3. The minimum Gasteiger partial charge on any atom is -0.426 e. The Hall–Kier alpha value is -1.36. The second-order valence-electron chi connectivity index (χ2n) is 10.5. The van der Waals surface area contributed by atoms with Crippen molar-refractivity contribution in [3.8, 4) is 0 Å². The highest BCUT2D eigenvalue weighted by molar-refractivity contribution is 5.95. The molecule has 5 aliphatic rings. The zero-order chi connectivity index (χ0) is 19.7. The number of aliphatic hydroxyl groups is 1. The standard InChI is InChI=1S/C22H30O5/c1-9-8-21-10(2)7-13-15(20(13,5)6)14(17(21)24)16(23)11(3)18-22(21,12(9)4)27-19(25)26-18/h8,10-16,18,23H,7H2,1-6H3/t10-,11+,12+,13-,14-,15-,16-,18-,21+,22-/m1/s1. The van der Waals surface area contributed by atoms with Crippen LogP contribution >= 0.6 is 0 Å². The van der Waals surface area contributed by atoms with Gasteiger partial charge in [-0.2, -0.15) is 0 Å². The van der Waals surface area contributed by atoms with Gasteiger partial charge < -0.3 is 14.6 Å². The topological polar surface area (TPSA) is 72.8 Å². The first-order chi connectivity index (χ1) is 12.5. The number of Topliss-reactive ketones (excluding diaryl/α,β-unsaturated/α-hetero) is 1. The van der Waals surface area contributed by atoms with Crippen LogP contribution < -0.4 is 0 Å². The van der Waals surface area contributed by atoms with E-state index in [0.29, 0.717) is 5.92 Å². The Kier molecular flexibility index (Phi) is 3.14. The Balaban J connectivity index is 1.80. The molecule has 0 aromatic rings. The van der Waals surface area contributed by atoms with E-state index < -0.39 is 35.3 Å². The third-order valence-electron chi connectivity index (χ3n) is 9.33. The van der Waals surface area contributed by atoms with E-state index >= 15 is 0 Å². The van der Waals surface area contributed by atoms with E-state index in [1.54, 1.807) is 0 Å². The molecule has 4 aliphatic carbocycles. The zero-order valence-electron chi connectivity index (χ0n) is 17.0. The summed E-state index contributed by atoms with van der Waals surface area (Å²) in [5.41, 5.74) is -0.812. The van der Waals surface area contributed by atoms with Crippen molar-refractivity contribution < 1.29 is 24.2 Å². The first-order valence-corrected chi connectivity index (χ1v) is 10.3. The smallest absolute Gasteiger partial charge is 0.426 e. The maximum atomic E-state index is 14.2. The van der Waals surface area contributed by atoms with Crippen LogP contribution in [0.15, 0.2) is 11.6 Å². The number of carbonyl (C=O) groups is 2. The summed E-state index contributed by atoms with van der Waals surface area (Å²) in [6, 6.07) is 0. The number of rotatable bonds is 0. The van der Waals surface area contributed by atoms with E-state index in [0.717, 1.165) is 12.0 Å². The van der Waals surface area contributed by atoms with E-state index in [9.17, 15) is 14.7 Å². The Morgan fingerprint density at radius 2 is 1.85 bits per heavy atom. The van der Waals surface area contributed by atoms with Crippen LogP contribution in [0, 0.1) is 46.3 Å². The van der Waals surface area contributed by atoms with Gasteiger partial charge in [0.1, 0.15) is 0 Å². The molecule has 4 fully saturated rings. The molecule has 5 nitrogen and oxygen atoms in total. The molecule has 2 bridgehead atoms. The summed E-state index contributed by atoms with van der Waals surface area (Å²) < 4.78 is 11.7. The number of carbonyl (C=O) groups excluding carboxylic acids is 2. The molecule has 2 spiro atoms. The predicted molar refractivity (Wildman–Crippen MR) is 97.6 cm³/mol. The molecule has 27 heavy (non-hydrogen) atoms. The molecule has 0 radical (unpaired) electrons. The van der Waals surface area contributed by atoms with Gasteiger partial charge in [-0.1, -0.05) is 46.3 Å². The summed E-state index contributed by atoms with van der Waals surface area (Å²) in [7, 11) is 0. The van der Waals surface area contributed by atoms with Crippen molar-refractivity contribution in [2.75, 3.05) is 0 Å². The number of hydrogen-bond donors (Lipinski definition) is 1. The van der Waals surface area contributed by atoms with Gasteiger partial charge in [-0.25, -0.2) is 4.79 Å². The fourth-order valence-corrected chi connectivity index (χ4v) is 7.72. The lowest BCUT2D eigenvalue weighted by Crippen LogP contribution is -2.61. The highest BCUT2D eigenvalue weighted by Crippen LogP contribution is 2.74. The van der Waals surface area contributed by atoms with Gasteiger partial charge in [0, 0.05) is 17.8 Å². The van der Waals surface area contributed by atoms with Gasteiger partial charge >= 0.3 is 6.16 Å². The van der Waals surface area contributed by atoms with E-state index in [-0.39, 0.29) is 34.9 Å². The van der Waals surface area contributed by atoms with Crippen molar-refractivity contribution in [2.24, 2.45) is 46.3 Å². The first-order valence-electron chi connectivity index (χ1n) is 10.3. The third kappa shape index (κ3) is 1.64. The molecule has 1 N–H and O–H groups in total. The van der Waals surface area contributed by atoms with Gasteiger partial charge in [-0.15, -0.1) is 0 Å². The van der Waals surface area contributed by atoms with Crippen LogP contribution in [0.3, 0.4) is 0 Å². The molecule has 0 aromatic heterocycles. The lowest BCUT2D eigenvalue weighted by molar-refractivity contribution is -0.154. The molecular formula is C22H30O5. The van der Waals surface area contributed by atoms with Gasteiger partial charge in [-0.3, -0.25) is 4.79 Å². The van der Waals surface area contributed by atoms with Crippen molar-refractivity contribution >= 4 is 11.9 Å². The molecule has 5 heteroatoms. The lowest BCUT2D eigenvalue weighted by atomic mass is 9.58. The van der Waals surface area contributed by atoms with Gasteiger partial charge in [0.05, 0.1) is 11.5 Å². The highest BCUT2D eigenvalue weighted by atomic mass is 16.8. The number of aliphatic hydroxyl groups excluding tert-OH is 1. The van der Waals surface area contributed by atoms with Crippen molar-refractivity contribution in [3.05, 3.63) is 11.6 Å². The Morgan fingerprint density at radius 3 is 2.52 bits per heavy atom. The molecule has 148 valence electrons. The Morgan fingerprint density at radius 1 is 1.19 bits per heavy atom. The summed E-state index contributed by atoms with van der Waals surface area (Å²) >= 11 is 0. The van der Waals surface area contributed by atoms with Gasteiger partial charge in [0.2, 0.25) is 0 Å². The molecule has 5 rings (SSSR count). The molecule has 0 aromatic carbocycles. The second kappa shape index (κ2) is 4.79. The summed E-state index contributed by atoms with van der Waals surface area (Å²) in [4.78, 5) is 26.6. The van der Waals surface area contributed by atoms with Crippen molar-refractivity contribution in [1.29, 1.82) is 0 Å². The maximum absolute atomic E-state index is 14.2. The van der Waals surface area contributed by atoms with E-state index in [2.05, 4.69) is 26.8 Å². The minimum absolute atomic E-state index is 0.0266. The molecule has 10 atom stereocenters. The van der Waals surface area contributed by atoms with Crippen LogP contribution in [0.4, 0.5) is 4.79 Å². The largest absolute Gasteiger partial charge is 0.509 e.